The number of likely N-dealkylation sites (N-methyl/N-ethyl adjacent to an activating group) is 1. The molecule has 1 heterocycles. The van der Waals surface area contributed by atoms with E-state index in [1.54, 1.807) is 12.1 Å². The van der Waals surface area contributed by atoms with Crippen LogP contribution in [0.4, 0.5) is 0 Å². The molecule has 100 valence electrons. The minimum atomic E-state index is 0. The van der Waals surface area contributed by atoms with Gasteiger partial charge in [0.15, 0.2) is 0 Å². The highest BCUT2D eigenvalue weighted by atomic mass is 35.5. The lowest BCUT2D eigenvalue weighted by molar-refractivity contribution is 0.357. The zero-order valence-electron chi connectivity index (χ0n) is 11.1. The third kappa shape index (κ3) is 2.46. The maximum Gasteiger partial charge on any atom is 0.116 e. The Kier molecular flexibility index (Phi) is 3.83. The van der Waals surface area contributed by atoms with E-state index in [0.29, 0.717) is 11.8 Å². The second kappa shape index (κ2) is 5.24. The average Bonchev–Trinajstić information content (AvgIpc) is 2.69. The fraction of sp³-hybridized carbons (Fsp3) is 0.250. The number of fused-ring (bicyclic) bond motifs is 1. The van der Waals surface area contributed by atoms with Crippen molar-refractivity contribution < 1.29 is 5.11 Å². The molecule has 0 bridgehead atoms. The summed E-state index contributed by atoms with van der Waals surface area (Å²) in [6, 6.07) is 12.4. The standard InChI is InChI=1S/C16H17NO.ClH/c1-11-16(7-8-17(11)2)14-4-3-13-10-15(18)6-5-12(13)9-14;/h3-7,9-11,18H,8H2,1-2H3;1H. The number of aromatic hydroxyl groups is 1. The van der Waals surface area contributed by atoms with Gasteiger partial charge in [-0.3, -0.25) is 4.90 Å². The van der Waals surface area contributed by atoms with E-state index < -0.39 is 0 Å². The summed E-state index contributed by atoms with van der Waals surface area (Å²) in [4.78, 5) is 2.33. The third-order valence-corrected chi connectivity index (χ3v) is 3.87. The highest BCUT2D eigenvalue weighted by Crippen LogP contribution is 2.29. The predicted molar refractivity (Wildman–Crippen MR) is 82.9 cm³/mol. The van der Waals surface area contributed by atoms with Crippen molar-refractivity contribution in [2.75, 3.05) is 13.6 Å². The normalized spacial score (nSPS) is 19.3. The summed E-state index contributed by atoms with van der Waals surface area (Å²) in [6.45, 7) is 3.25. The van der Waals surface area contributed by atoms with Gasteiger partial charge in [0.25, 0.3) is 0 Å². The van der Waals surface area contributed by atoms with Crippen LogP contribution in [-0.4, -0.2) is 29.6 Å². The summed E-state index contributed by atoms with van der Waals surface area (Å²) < 4.78 is 0. The van der Waals surface area contributed by atoms with Crippen molar-refractivity contribution in [3.63, 3.8) is 0 Å². The number of phenolic OH excluding ortho intramolecular Hbond substituents is 1. The zero-order chi connectivity index (χ0) is 12.7. The minimum Gasteiger partial charge on any atom is -0.508 e. The largest absolute Gasteiger partial charge is 0.508 e. The van der Waals surface area contributed by atoms with Crippen molar-refractivity contribution in [3.05, 3.63) is 48.0 Å². The topological polar surface area (TPSA) is 23.5 Å². The zero-order valence-corrected chi connectivity index (χ0v) is 11.9. The molecular weight excluding hydrogens is 258 g/mol. The Balaban J connectivity index is 0.00000133. The lowest BCUT2D eigenvalue weighted by Crippen LogP contribution is -2.24. The first-order valence-electron chi connectivity index (χ1n) is 6.28. The molecule has 2 aromatic carbocycles. The SMILES string of the molecule is CC1C(c2ccc3cc(O)ccc3c2)=CCN1C.Cl. The van der Waals surface area contributed by atoms with Gasteiger partial charge >= 0.3 is 0 Å². The molecule has 0 spiro atoms. The lowest BCUT2D eigenvalue weighted by Gasteiger charge is -2.18. The van der Waals surface area contributed by atoms with E-state index in [0.717, 1.165) is 11.9 Å². The Bertz CT molecular complexity index is 636. The molecule has 0 saturated carbocycles. The maximum atomic E-state index is 9.47. The van der Waals surface area contributed by atoms with E-state index in [2.05, 4.69) is 43.1 Å². The summed E-state index contributed by atoms with van der Waals surface area (Å²) in [6.07, 6.45) is 2.30. The Morgan fingerprint density at radius 3 is 2.47 bits per heavy atom. The van der Waals surface area contributed by atoms with Gasteiger partial charge in [-0.2, -0.15) is 0 Å². The van der Waals surface area contributed by atoms with Crippen LogP contribution in [0.2, 0.25) is 0 Å². The fourth-order valence-corrected chi connectivity index (χ4v) is 2.58. The molecule has 2 aromatic rings. The predicted octanol–water partition coefficient (Wildman–Crippen LogP) is 3.68. The van der Waals surface area contributed by atoms with Crippen LogP contribution < -0.4 is 0 Å². The van der Waals surface area contributed by atoms with E-state index >= 15 is 0 Å². The van der Waals surface area contributed by atoms with Crippen LogP contribution in [0.25, 0.3) is 16.3 Å². The van der Waals surface area contributed by atoms with Crippen LogP contribution >= 0.6 is 12.4 Å². The van der Waals surface area contributed by atoms with Gasteiger partial charge < -0.3 is 5.11 Å². The molecule has 3 rings (SSSR count). The number of phenols is 1. The molecule has 0 fully saturated rings. The smallest absolute Gasteiger partial charge is 0.116 e. The first-order valence-corrected chi connectivity index (χ1v) is 6.28. The van der Waals surface area contributed by atoms with Gasteiger partial charge in [0.05, 0.1) is 0 Å². The Hall–Kier alpha value is -1.51. The molecule has 19 heavy (non-hydrogen) atoms. The first-order chi connectivity index (χ1) is 8.65. The van der Waals surface area contributed by atoms with Crippen LogP contribution in [0, 0.1) is 0 Å². The number of rotatable bonds is 1. The molecule has 1 N–H and O–H groups in total. The van der Waals surface area contributed by atoms with Crippen LogP contribution in [0.3, 0.4) is 0 Å². The highest BCUT2D eigenvalue weighted by molar-refractivity contribution is 5.88. The van der Waals surface area contributed by atoms with E-state index in [9.17, 15) is 5.11 Å². The Morgan fingerprint density at radius 2 is 1.79 bits per heavy atom. The van der Waals surface area contributed by atoms with Crippen molar-refractivity contribution in [2.24, 2.45) is 0 Å². The van der Waals surface area contributed by atoms with E-state index in [1.807, 2.05) is 6.07 Å². The molecule has 0 amide bonds. The fourth-order valence-electron chi connectivity index (χ4n) is 2.58. The summed E-state index contributed by atoms with van der Waals surface area (Å²) in [5.41, 5.74) is 2.68. The summed E-state index contributed by atoms with van der Waals surface area (Å²) in [5.74, 6) is 0.323. The summed E-state index contributed by atoms with van der Waals surface area (Å²) >= 11 is 0. The molecular formula is C16H18ClNO. The van der Waals surface area contributed by atoms with Crippen LogP contribution in [-0.2, 0) is 0 Å². The summed E-state index contributed by atoms with van der Waals surface area (Å²) in [5, 5.41) is 11.7. The van der Waals surface area contributed by atoms with Gasteiger partial charge in [-0.25, -0.2) is 0 Å². The van der Waals surface area contributed by atoms with E-state index in [-0.39, 0.29) is 12.4 Å². The third-order valence-electron chi connectivity index (χ3n) is 3.87. The van der Waals surface area contributed by atoms with Gasteiger partial charge in [0.1, 0.15) is 5.75 Å². The molecule has 0 aromatic heterocycles. The molecule has 1 atom stereocenters. The van der Waals surface area contributed by atoms with Crippen molar-refractivity contribution in [2.45, 2.75) is 13.0 Å². The number of nitrogens with zero attached hydrogens (tertiary/aromatic N) is 1. The quantitative estimate of drug-likeness (QED) is 0.858. The molecule has 1 aliphatic heterocycles. The average molecular weight is 276 g/mol. The minimum absolute atomic E-state index is 0. The van der Waals surface area contributed by atoms with Gasteiger partial charge in [-0.1, -0.05) is 24.3 Å². The first kappa shape index (κ1) is 13.9. The molecule has 1 unspecified atom stereocenters. The van der Waals surface area contributed by atoms with Gasteiger partial charge in [0, 0.05) is 12.6 Å². The van der Waals surface area contributed by atoms with E-state index in [1.165, 1.54) is 16.5 Å². The number of hydrogen-bond donors (Lipinski definition) is 1. The monoisotopic (exact) mass is 275 g/mol. The maximum absolute atomic E-state index is 9.47. The van der Waals surface area contributed by atoms with Crippen LogP contribution in [0.15, 0.2) is 42.5 Å². The second-order valence-electron chi connectivity index (χ2n) is 5.02. The van der Waals surface area contributed by atoms with Gasteiger partial charge in [0.2, 0.25) is 0 Å². The van der Waals surface area contributed by atoms with Crippen LogP contribution in [0.1, 0.15) is 12.5 Å². The molecule has 3 heteroatoms. The lowest BCUT2D eigenvalue weighted by atomic mass is 9.98. The highest BCUT2D eigenvalue weighted by Gasteiger charge is 2.20. The molecule has 1 aliphatic rings. The van der Waals surface area contributed by atoms with Crippen molar-refractivity contribution >= 4 is 28.8 Å². The number of hydrogen-bond acceptors (Lipinski definition) is 2. The van der Waals surface area contributed by atoms with Gasteiger partial charge in [-0.15, -0.1) is 12.4 Å². The Morgan fingerprint density at radius 1 is 1.11 bits per heavy atom. The molecule has 0 radical (unpaired) electrons. The van der Waals surface area contributed by atoms with E-state index in [4.69, 9.17) is 0 Å². The number of benzene rings is 2. The Labute approximate surface area is 119 Å². The molecule has 0 saturated heterocycles. The molecule has 0 aliphatic carbocycles. The van der Waals surface area contributed by atoms with Crippen molar-refractivity contribution in [1.29, 1.82) is 0 Å². The van der Waals surface area contributed by atoms with Crippen molar-refractivity contribution in [3.8, 4) is 5.75 Å². The van der Waals surface area contributed by atoms with Crippen molar-refractivity contribution in [1.82, 2.24) is 4.90 Å². The van der Waals surface area contributed by atoms with Gasteiger partial charge in [-0.05, 0) is 54.1 Å². The molecule has 2 nitrogen and oxygen atoms in total. The summed E-state index contributed by atoms with van der Waals surface area (Å²) in [7, 11) is 2.15. The number of halogens is 1. The van der Waals surface area contributed by atoms with Crippen LogP contribution in [0.5, 0.6) is 5.75 Å². The second-order valence-corrected chi connectivity index (χ2v) is 5.02.